The summed E-state index contributed by atoms with van der Waals surface area (Å²) in [6.07, 6.45) is 0. The highest BCUT2D eigenvalue weighted by Crippen LogP contribution is 2.21. The number of carboxylic acid groups (broad SMARTS) is 1. The van der Waals surface area contributed by atoms with Gasteiger partial charge in [-0.1, -0.05) is 0 Å². The Morgan fingerprint density at radius 3 is 2.26 bits per heavy atom. The summed E-state index contributed by atoms with van der Waals surface area (Å²) in [6.45, 7) is 3.43. The number of aromatic nitrogens is 2. The number of rotatable bonds is 5. The molecule has 0 bridgehead atoms. The number of aliphatic carboxylic acids is 1. The summed E-state index contributed by atoms with van der Waals surface area (Å²) in [5, 5.41) is 18.7. The maximum Gasteiger partial charge on any atom is 0.331 e. The highest BCUT2D eigenvalue weighted by atomic mass is 16.4. The van der Waals surface area contributed by atoms with Crippen LogP contribution in [-0.4, -0.2) is 41.3 Å². The van der Waals surface area contributed by atoms with Crippen molar-refractivity contribution < 1.29 is 14.7 Å². The van der Waals surface area contributed by atoms with Crippen molar-refractivity contribution in [1.82, 2.24) is 15.5 Å². The van der Waals surface area contributed by atoms with E-state index in [1.54, 1.807) is 38.1 Å². The monoisotopic (exact) mass is 316 g/mol. The molecular formula is C16H20N4O3. The van der Waals surface area contributed by atoms with Crippen LogP contribution < -0.4 is 10.2 Å². The SMILES string of the molecule is Cc1n[nH]c(C)c1[C@H](NC(=O)c1ccc(N(C)C)cc1)C(=O)O. The zero-order valence-electron chi connectivity index (χ0n) is 13.5. The Labute approximate surface area is 134 Å². The van der Waals surface area contributed by atoms with Crippen LogP contribution in [0.1, 0.15) is 33.4 Å². The number of benzene rings is 1. The number of carbonyl (C=O) groups excluding carboxylic acids is 1. The summed E-state index contributed by atoms with van der Waals surface area (Å²) in [4.78, 5) is 25.8. The van der Waals surface area contributed by atoms with Crippen molar-refractivity contribution in [3.8, 4) is 0 Å². The zero-order chi connectivity index (χ0) is 17.1. The number of H-pyrrole nitrogens is 1. The first-order valence-electron chi connectivity index (χ1n) is 7.13. The Morgan fingerprint density at radius 2 is 1.83 bits per heavy atom. The van der Waals surface area contributed by atoms with Crippen LogP contribution in [0.15, 0.2) is 24.3 Å². The van der Waals surface area contributed by atoms with Crippen molar-refractivity contribution in [1.29, 1.82) is 0 Å². The number of hydrogen-bond acceptors (Lipinski definition) is 4. The molecule has 1 aromatic carbocycles. The minimum Gasteiger partial charge on any atom is -0.479 e. The van der Waals surface area contributed by atoms with Gasteiger partial charge in [0, 0.05) is 36.6 Å². The number of amides is 1. The van der Waals surface area contributed by atoms with E-state index in [4.69, 9.17) is 0 Å². The predicted molar refractivity (Wildman–Crippen MR) is 86.7 cm³/mol. The van der Waals surface area contributed by atoms with Crippen LogP contribution in [0.4, 0.5) is 5.69 Å². The summed E-state index contributed by atoms with van der Waals surface area (Å²) in [5.74, 6) is -1.57. The third kappa shape index (κ3) is 3.50. The Hall–Kier alpha value is -2.83. The third-order valence-electron chi connectivity index (χ3n) is 3.64. The second-order valence-corrected chi connectivity index (χ2v) is 5.53. The Balaban J connectivity index is 2.23. The second-order valence-electron chi connectivity index (χ2n) is 5.53. The number of anilines is 1. The molecule has 122 valence electrons. The van der Waals surface area contributed by atoms with Crippen LogP contribution in [0.5, 0.6) is 0 Å². The van der Waals surface area contributed by atoms with Gasteiger partial charge in [0.1, 0.15) is 0 Å². The van der Waals surface area contributed by atoms with E-state index >= 15 is 0 Å². The fraction of sp³-hybridized carbons (Fsp3) is 0.312. The van der Waals surface area contributed by atoms with Gasteiger partial charge in [-0.2, -0.15) is 5.10 Å². The molecule has 0 fully saturated rings. The summed E-state index contributed by atoms with van der Waals surface area (Å²) in [5.41, 5.74) is 3.02. The average Bonchev–Trinajstić information content (AvgIpc) is 2.83. The first-order valence-corrected chi connectivity index (χ1v) is 7.13. The Kier molecular flexibility index (Phi) is 4.68. The van der Waals surface area contributed by atoms with E-state index in [0.29, 0.717) is 22.5 Å². The maximum absolute atomic E-state index is 12.3. The Bertz CT molecular complexity index is 700. The topological polar surface area (TPSA) is 98.3 Å². The molecule has 0 radical (unpaired) electrons. The van der Waals surface area contributed by atoms with Crippen LogP contribution in [0.3, 0.4) is 0 Å². The largest absolute Gasteiger partial charge is 0.479 e. The van der Waals surface area contributed by atoms with Gasteiger partial charge in [0.05, 0.1) is 5.69 Å². The molecule has 7 heteroatoms. The van der Waals surface area contributed by atoms with Crippen molar-refractivity contribution >= 4 is 17.6 Å². The van der Waals surface area contributed by atoms with Crippen LogP contribution >= 0.6 is 0 Å². The van der Waals surface area contributed by atoms with E-state index in [2.05, 4.69) is 15.5 Å². The van der Waals surface area contributed by atoms with Crippen molar-refractivity contribution in [2.24, 2.45) is 0 Å². The first kappa shape index (κ1) is 16.5. The molecule has 1 aromatic heterocycles. The number of hydrogen-bond donors (Lipinski definition) is 3. The van der Waals surface area contributed by atoms with E-state index in [1.165, 1.54) is 0 Å². The summed E-state index contributed by atoms with van der Waals surface area (Å²) in [6, 6.07) is 5.80. The molecule has 0 saturated carbocycles. The molecule has 7 nitrogen and oxygen atoms in total. The molecule has 23 heavy (non-hydrogen) atoms. The van der Waals surface area contributed by atoms with E-state index in [1.807, 2.05) is 19.0 Å². The van der Waals surface area contributed by atoms with Crippen LogP contribution in [-0.2, 0) is 4.79 Å². The predicted octanol–water partition coefficient (Wildman–Crippen LogP) is 1.65. The van der Waals surface area contributed by atoms with Gasteiger partial charge in [0.25, 0.3) is 5.91 Å². The minimum absolute atomic E-state index is 0.403. The van der Waals surface area contributed by atoms with E-state index in [9.17, 15) is 14.7 Å². The lowest BCUT2D eigenvalue weighted by Gasteiger charge is -2.16. The number of nitrogens with one attached hydrogen (secondary N) is 2. The van der Waals surface area contributed by atoms with Gasteiger partial charge in [0.2, 0.25) is 0 Å². The molecule has 0 aliphatic carbocycles. The lowest BCUT2D eigenvalue weighted by molar-refractivity contribution is -0.139. The Morgan fingerprint density at radius 1 is 1.22 bits per heavy atom. The molecular weight excluding hydrogens is 296 g/mol. The first-order chi connectivity index (χ1) is 10.8. The minimum atomic E-state index is -1.14. The molecule has 1 heterocycles. The molecule has 1 atom stereocenters. The van der Waals surface area contributed by atoms with Crippen molar-refractivity contribution in [2.45, 2.75) is 19.9 Å². The number of aryl methyl sites for hydroxylation is 2. The van der Waals surface area contributed by atoms with Crippen LogP contribution in [0.2, 0.25) is 0 Å². The average molecular weight is 316 g/mol. The zero-order valence-corrected chi connectivity index (χ0v) is 13.5. The van der Waals surface area contributed by atoms with Gasteiger partial charge in [-0.25, -0.2) is 4.79 Å². The van der Waals surface area contributed by atoms with E-state index < -0.39 is 17.9 Å². The normalized spacial score (nSPS) is 11.8. The standard InChI is InChI=1S/C16H20N4O3/c1-9-13(10(2)19-18-9)14(16(22)23)17-15(21)11-5-7-12(8-6-11)20(3)4/h5-8,14H,1-4H3,(H,17,21)(H,18,19)(H,22,23)/t14-/m0/s1. The highest BCUT2D eigenvalue weighted by Gasteiger charge is 2.27. The quantitative estimate of drug-likeness (QED) is 0.779. The lowest BCUT2D eigenvalue weighted by Crippen LogP contribution is -2.34. The molecule has 0 aliphatic rings. The third-order valence-corrected chi connectivity index (χ3v) is 3.64. The second kappa shape index (κ2) is 6.51. The van der Waals surface area contributed by atoms with Gasteiger partial charge >= 0.3 is 5.97 Å². The lowest BCUT2D eigenvalue weighted by atomic mass is 10.0. The number of aromatic amines is 1. The molecule has 0 aliphatic heterocycles. The molecule has 0 saturated heterocycles. The van der Waals surface area contributed by atoms with E-state index in [-0.39, 0.29) is 0 Å². The van der Waals surface area contributed by atoms with Gasteiger partial charge in [-0.05, 0) is 38.1 Å². The number of carbonyl (C=O) groups is 2. The fourth-order valence-electron chi connectivity index (χ4n) is 2.37. The molecule has 0 spiro atoms. The fourth-order valence-corrected chi connectivity index (χ4v) is 2.37. The molecule has 1 amide bonds. The van der Waals surface area contributed by atoms with Gasteiger partial charge in [-0.3, -0.25) is 9.89 Å². The maximum atomic E-state index is 12.3. The smallest absolute Gasteiger partial charge is 0.331 e. The van der Waals surface area contributed by atoms with Gasteiger partial charge in [0.15, 0.2) is 6.04 Å². The van der Waals surface area contributed by atoms with Crippen LogP contribution in [0.25, 0.3) is 0 Å². The highest BCUT2D eigenvalue weighted by molar-refractivity contribution is 5.97. The molecule has 2 aromatic rings. The van der Waals surface area contributed by atoms with Crippen molar-refractivity contribution in [3.63, 3.8) is 0 Å². The summed E-state index contributed by atoms with van der Waals surface area (Å²) < 4.78 is 0. The summed E-state index contributed by atoms with van der Waals surface area (Å²) in [7, 11) is 3.81. The number of nitrogens with zero attached hydrogens (tertiary/aromatic N) is 2. The number of carboxylic acids is 1. The van der Waals surface area contributed by atoms with Crippen molar-refractivity contribution in [3.05, 3.63) is 46.8 Å². The molecule has 3 N–H and O–H groups in total. The molecule has 2 rings (SSSR count). The van der Waals surface area contributed by atoms with Gasteiger partial charge in [-0.15, -0.1) is 0 Å². The van der Waals surface area contributed by atoms with Gasteiger partial charge < -0.3 is 15.3 Å². The van der Waals surface area contributed by atoms with Crippen LogP contribution in [0, 0.1) is 13.8 Å². The van der Waals surface area contributed by atoms with Crippen molar-refractivity contribution in [2.75, 3.05) is 19.0 Å². The van der Waals surface area contributed by atoms with E-state index in [0.717, 1.165) is 5.69 Å². The summed E-state index contributed by atoms with van der Waals surface area (Å²) >= 11 is 0. The molecule has 0 unspecified atom stereocenters.